The molecule has 3 rings (SSSR count). The first kappa shape index (κ1) is 12.6. The van der Waals surface area contributed by atoms with Crippen LogP contribution in [0.1, 0.15) is 30.5 Å². The lowest BCUT2D eigenvalue weighted by atomic mass is 9.93. The Morgan fingerprint density at radius 1 is 1.37 bits per heavy atom. The van der Waals surface area contributed by atoms with Gasteiger partial charge >= 0.3 is 0 Å². The molecule has 3 unspecified atom stereocenters. The largest absolute Gasteiger partial charge is 0.309 e. The Morgan fingerprint density at radius 3 is 3.00 bits per heavy atom. The van der Waals surface area contributed by atoms with E-state index in [1.54, 1.807) is 0 Å². The van der Waals surface area contributed by atoms with E-state index in [2.05, 4.69) is 15.6 Å². The second-order valence-electron chi connectivity index (χ2n) is 5.90. The summed E-state index contributed by atoms with van der Waals surface area (Å²) in [5.74, 6) is 1.96. The van der Waals surface area contributed by atoms with Crippen LogP contribution < -0.4 is 10.6 Å². The Morgan fingerprint density at radius 2 is 2.21 bits per heavy atom. The van der Waals surface area contributed by atoms with E-state index in [-0.39, 0.29) is 11.9 Å². The fraction of sp³-hybridized carbons (Fsp3) is 0.600. The van der Waals surface area contributed by atoms with Crippen LogP contribution >= 0.6 is 0 Å². The highest BCUT2D eigenvalue weighted by Crippen LogP contribution is 2.37. The highest BCUT2D eigenvalue weighted by atomic mass is 16.2. The fourth-order valence-corrected chi connectivity index (χ4v) is 3.58. The third-order valence-electron chi connectivity index (χ3n) is 4.38. The third-order valence-corrected chi connectivity index (χ3v) is 4.38. The molecule has 3 atom stereocenters. The van der Waals surface area contributed by atoms with Gasteiger partial charge in [0.15, 0.2) is 0 Å². The number of fused-ring (bicyclic) bond motifs is 1. The van der Waals surface area contributed by atoms with Crippen molar-refractivity contribution in [2.24, 2.45) is 11.8 Å². The van der Waals surface area contributed by atoms with E-state index < -0.39 is 0 Å². The van der Waals surface area contributed by atoms with Crippen LogP contribution in [0.15, 0.2) is 12.1 Å². The third kappa shape index (κ3) is 2.50. The summed E-state index contributed by atoms with van der Waals surface area (Å²) in [4.78, 5) is 16.7. The molecule has 1 amide bonds. The number of pyridine rings is 1. The van der Waals surface area contributed by atoms with Crippen LogP contribution in [0.2, 0.25) is 0 Å². The fourth-order valence-electron chi connectivity index (χ4n) is 3.58. The van der Waals surface area contributed by atoms with Crippen molar-refractivity contribution in [1.82, 2.24) is 10.3 Å². The predicted octanol–water partition coefficient (Wildman–Crippen LogP) is 2.03. The minimum atomic E-state index is -0.0323. The van der Waals surface area contributed by atoms with E-state index in [9.17, 15) is 4.79 Å². The molecule has 2 fully saturated rings. The van der Waals surface area contributed by atoms with E-state index >= 15 is 0 Å². The molecule has 4 heteroatoms. The number of aromatic nitrogens is 1. The van der Waals surface area contributed by atoms with Crippen molar-refractivity contribution < 1.29 is 4.79 Å². The summed E-state index contributed by atoms with van der Waals surface area (Å²) in [6.07, 6.45) is 3.71. The maximum absolute atomic E-state index is 12.4. The monoisotopic (exact) mass is 259 g/mol. The van der Waals surface area contributed by atoms with Gasteiger partial charge in [-0.3, -0.25) is 4.79 Å². The van der Waals surface area contributed by atoms with Crippen LogP contribution in [0, 0.1) is 25.7 Å². The Balaban J connectivity index is 1.71. The first-order valence-electron chi connectivity index (χ1n) is 7.13. The Hall–Kier alpha value is -1.42. The zero-order chi connectivity index (χ0) is 13.4. The van der Waals surface area contributed by atoms with Crippen LogP contribution in [-0.4, -0.2) is 23.5 Å². The van der Waals surface area contributed by atoms with Gasteiger partial charge in [0.1, 0.15) is 5.82 Å². The molecule has 2 N–H and O–H groups in total. The number of carbonyl (C=O) groups is 1. The SMILES string of the molecule is Cc1cc(C)nc(NC(=O)C2NCC3CCCC32)c1. The molecule has 0 radical (unpaired) electrons. The Bertz CT molecular complexity index is 480. The molecule has 1 saturated heterocycles. The van der Waals surface area contributed by atoms with Crippen LogP contribution in [-0.2, 0) is 4.79 Å². The van der Waals surface area contributed by atoms with Crippen LogP contribution in [0.25, 0.3) is 0 Å². The van der Waals surface area contributed by atoms with Crippen molar-refractivity contribution in [3.63, 3.8) is 0 Å². The molecule has 1 aliphatic carbocycles. The number of anilines is 1. The summed E-state index contributed by atoms with van der Waals surface area (Å²) in [5.41, 5.74) is 2.06. The number of hydrogen-bond donors (Lipinski definition) is 2. The Kier molecular flexibility index (Phi) is 3.27. The van der Waals surface area contributed by atoms with E-state index in [1.165, 1.54) is 19.3 Å². The molecule has 1 aromatic heterocycles. The van der Waals surface area contributed by atoms with Crippen LogP contribution in [0.5, 0.6) is 0 Å². The van der Waals surface area contributed by atoms with Gasteiger partial charge in [0.05, 0.1) is 6.04 Å². The maximum Gasteiger partial charge on any atom is 0.242 e. The molecular weight excluding hydrogens is 238 g/mol. The van der Waals surface area contributed by atoms with E-state index in [0.29, 0.717) is 17.7 Å². The van der Waals surface area contributed by atoms with E-state index in [1.807, 2.05) is 26.0 Å². The topological polar surface area (TPSA) is 54.0 Å². The zero-order valence-corrected chi connectivity index (χ0v) is 11.6. The quantitative estimate of drug-likeness (QED) is 0.854. The van der Waals surface area contributed by atoms with Crippen LogP contribution in [0.3, 0.4) is 0 Å². The molecule has 2 aliphatic rings. The lowest BCUT2D eigenvalue weighted by molar-refractivity contribution is -0.118. The number of carbonyl (C=O) groups excluding carboxylic acids is 1. The Labute approximate surface area is 114 Å². The molecule has 1 aliphatic heterocycles. The lowest BCUT2D eigenvalue weighted by Gasteiger charge is -2.17. The van der Waals surface area contributed by atoms with Crippen molar-refractivity contribution in [2.75, 3.05) is 11.9 Å². The average Bonchev–Trinajstić information content (AvgIpc) is 2.87. The van der Waals surface area contributed by atoms with E-state index in [0.717, 1.165) is 17.8 Å². The van der Waals surface area contributed by atoms with Gasteiger partial charge < -0.3 is 10.6 Å². The first-order valence-corrected chi connectivity index (χ1v) is 7.13. The molecule has 0 aromatic carbocycles. The first-order chi connectivity index (χ1) is 9.13. The predicted molar refractivity (Wildman–Crippen MR) is 75.0 cm³/mol. The van der Waals surface area contributed by atoms with Gasteiger partial charge in [-0.05, 0) is 62.8 Å². The summed E-state index contributed by atoms with van der Waals surface area (Å²) in [5, 5.41) is 6.33. The zero-order valence-electron chi connectivity index (χ0n) is 11.6. The number of rotatable bonds is 2. The van der Waals surface area contributed by atoms with Crippen molar-refractivity contribution in [1.29, 1.82) is 0 Å². The number of nitrogens with one attached hydrogen (secondary N) is 2. The van der Waals surface area contributed by atoms with Gasteiger partial charge in [0, 0.05) is 5.69 Å². The van der Waals surface area contributed by atoms with Crippen molar-refractivity contribution in [2.45, 2.75) is 39.2 Å². The van der Waals surface area contributed by atoms with Gasteiger partial charge in [-0.15, -0.1) is 0 Å². The molecule has 19 heavy (non-hydrogen) atoms. The van der Waals surface area contributed by atoms with Crippen molar-refractivity contribution >= 4 is 11.7 Å². The molecule has 0 spiro atoms. The smallest absolute Gasteiger partial charge is 0.242 e. The highest BCUT2D eigenvalue weighted by Gasteiger charge is 2.42. The van der Waals surface area contributed by atoms with Crippen molar-refractivity contribution in [3.05, 3.63) is 23.4 Å². The van der Waals surface area contributed by atoms with Gasteiger partial charge in [-0.25, -0.2) is 4.98 Å². The highest BCUT2D eigenvalue weighted by molar-refractivity contribution is 5.94. The summed E-state index contributed by atoms with van der Waals surface area (Å²) < 4.78 is 0. The number of aryl methyl sites for hydroxylation is 2. The van der Waals surface area contributed by atoms with Gasteiger partial charge in [0.2, 0.25) is 5.91 Å². The minimum Gasteiger partial charge on any atom is -0.309 e. The average molecular weight is 259 g/mol. The molecule has 2 heterocycles. The summed E-state index contributed by atoms with van der Waals surface area (Å²) in [6, 6.07) is 3.90. The second kappa shape index (κ2) is 4.93. The summed E-state index contributed by atoms with van der Waals surface area (Å²) >= 11 is 0. The standard InChI is InChI=1S/C15H21N3O/c1-9-6-10(2)17-13(7-9)18-15(19)14-12-5-3-4-11(12)8-16-14/h6-7,11-12,14,16H,3-5,8H2,1-2H3,(H,17,18,19). The lowest BCUT2D eigenvalue weighted by Crippen LogP contribution is -2.40. The molecule has 1 saturated carbocycles. The molecule has 4 nitrogen and oxygen atoms in total. The number of nitrogens with zero attached hydrogens (tertiary/aromatic N) is 1. The van der Waals surface area contributed by atoms with Crippen LogP contribution in [0.4, 0.5) is 5.82 Å². The number of amides is 1. The normalized spacial score (nSPS) is 29.3. The molecular formula is C15H21N3O. The second-order valence-corrected chi connectivity index (χ2v) is 5.90. The molecule has 1 aromatic rings. The van der Waals surface area contributed by atoms with Gasteiger partial charge in [-0.1, -0.05) is 6.42 Å². The van der Waals surface area contributed by atoms with E-state index in [4.69, 9.17) is 0 Å². The summed E-state index contributed by atoms with van der Waals surface area (Å²) in [7, 11) is 0. The minimum absolute atomic E-state index is 0.0323. The molecule has 102 valence electrons. The van der Waals surface area contributed by atoms with Crippen molar-refractivity contribution in [3.8, 4) is 0 Å². The molecule has 0 bridgehead atoms. The van der Waals surface area contributed by atoms with Gasteiger partial charge in [0.25, 0.3) is 0 Å². The number of hydrogen-bond acceptors (Lipinski definition) is 3. The van der Waals surface area contributed by atoms with Gasteiger partial charge in [-0.2, -0.15) is 0 Å². The maximum atomic E-state index is 12.4. The summed E-state index contributed by atoms with van der Waals surface area (Å²) in [6.45, 7) is 4.96.